The van der Waals surface area contributed by atoms with Gasteiger partial charge in [0.05, 0.1) is 0 Å². The first kappa shape index (κ1) is 19.5. The quantitative estimate of drug-likeness (QED) is 0.841. The Morgan fingerprint density at radius 2 is 1.50 bits per heavy atom. The number of amides is 2. The molecule has 0 bridgehead atoms. The summed E-state index contributed by atoms with van der Waals surface area (Å²) in [6, 6.07) is 0.197. The molecule has 2 saturated carbocycles. The zero-order valence-corrected chi connectivity index (χ0v) is 15.4. The topological polar surface area (TPSA) is 66.6 Å². The van der Waals surface area contributed by atoms with Crippen LogP contribution in [-0.4, -0.2) is 53.8 Å². The van der Waals surface area contributed by atoms with Crippen molar-refractivity contribution >= 4 is 24.2 Å². The molecule has 6 heteroatoms. The fraction of sp³-hybridized carbons (Fsp3) is 0.889. The molecule has 2 atom stereocenters. The number of carbonyl (C=O) groups excluding carboxylic acids is 2. The van der Waals surface area contributed by atoms with Gasteiger partial charge in [0, 0.05) is 44.6 Å². The van der Waals surface area contributed by atoms with Crippen LogP contribution >= 0.6 is 12.4 Å². The minimum absolute atomic E-state index is 0. The van der Waals surface area contributed by atoms with Gasteiger partial charge in [-0.2, -0.15) is 0 Å². The Kier molecular flexibility index (Phi) is 7.35. The highest BCUT2D eigenvalue weighted by molar-refractivity contribution is 5.85. The van der Waals surface area contributed by atoms with E-state index in [0.29, 0.717) is 44.4 Å². The smallest absolute Gasteiger partial charge is 0.225 e. The molecule has 3 aliphatic rings. The van der Waals surface area contributed by atoms with Gasteiger partial charge in [-0.15, -0.1) is 12.4 Å². The van der Waals surface area contributed by atoms with Gasteiger partial charge in [-0.25, -0.2) is 0 Å². The van der Waals surface area contributed by atoms with E-state index >= 15 is 0 Å². The van der Waals surface area contributed by atoms with Gasteiger partial charge < -0.3 is 15.5 Å². The fourth-order valence-corrected chi connectivity index (χ4v) is 4.44. The predicted molar refractivity (Wildman–Crippen MR) is 96.9 cm³/mol. The lowest BCUT2D eigenvalue weighted by Crippen LogP contribution is -2.52. The molecule has 0 spiro atoms. The van der Waals surface area contributed by atoms with Gasteiger partial charge in [-0.3, -0.25) is 9.59 Å². The molecule has 0 unspecified atom stereocenters. The lowest BCUT2D eigenvalue weighted by molar-refractivity contribution is -0.142. The lowest BCUT2D eigenvalue weighted by atomic mass is 9.86. The third kappa shape index (κ3) is 4.85. The molecule has 2 N–H and O–H groups in total. The normalized spacial score (nSPS) is 28.5. The van der Waals surface area contributed by atoms with E-state index in [-0.39, 0.29) is 30.3 Å². The van der Waals surface area contributed by atoms with Crippen molar-refractivity contribution in [3.63, 3.8) is 0 Å². The molecule has 2 aliphatic carbocycles. The van der Waals surface area contributed by atoms with Crippen molar-refractivity contribution in [2.45, 2.75) is 63.8 Å². The average Bonchev–Trinajstić information content (AvgIpc) is 3.02. The maximum Gasteiger partial charge on any atom is 0.225 e. The number of hydrogen-bond donors (Lipinski definition) is 1. The van der Waals surface area contributed by atoms with Crippen molar-refractivity contribution in [1.82, 2.24) is 9.80 Å². The Morgan fingerprint density at radius 3 is 2.08 bits per heavy atom. The molecule has 1 aliphatic heterocycles. The van der Waals surface area contributed by atoms with Crippen molar-refractivity contribution in [2.75, 3.05) is 26.2 Å². The van der Waals surface area contributed by atoms with Crippen molar-refractivity contribution in [2.24, 2.45) is 17.6 Å². The molecule has 0 aromatic rings. The third-order valence-corrected chi connectivity index (χ3v) is 5.95. The zero-order chi connectivity index (χ0) is 16.2. The van der Waals surface area contributed by atoms with E-state index in [1.165, 1.54) is 32.1 Å². The summed E-state index contributed by atoms with van der Waals surface area (Å²) in [5, 5.41) is 0. The van der Waals surface area contributed by atoms with Gasteiger partial charge in [0.2, 0.25) is 11.8 Å². The Balaban J connectivity index is 0.00000208. The second-order valence-corrected chi connectivity index (χ2v) is 7.68. The van der Waals surface area contributed by atoms with Crippen molar-refractivity contribution in [1.29, 1.82) is 0 Å². The van der Waals surface area contributed by atoms with Crippen molar-refractivity contribution in [3.8, 4) is 0 Å². The van der Waals surface area contributed by atoms with Gasteiger partial charge >= 0.3 is 0 Å². The molecule has 1 saturated heterocycles. The van der Waals surface area contributed by atoms with Gasteiger partial charge in [0.25, 0.3) is 0 Å². The number of rotatable bonds is 3. The largest absolute Gasteiger partial charge is 0.339 e. The first-order valence-corrected chi connectivity index (χ1v) is 9.45. The molecule has 0 radical (unpaired) electrons. The number of nitrogens with zero attached hydrogens (tertiary/aromatic N) is 2. The molecule has 1 heterocycles. The van der Waals surface area contributed by atoms with Crippen LogP contribution in [0.1, 0.15) is 57.8 Å². The summed E-state index contributed by atoms with van der Waals surface area (Å²) in [5.74, 6) is 1.27. The van der Waals surface area contributed by atoms with Gasteiger partial charge in [0.1, 0.15) is 0 Å². The molecular formula is C18H32ClN3O2. The fourth-order valence-electron chi connectivity index (χ4n) is 4.44. The summed E-state index contributed by atoms with van der Waals surface area (Å²) in [6.07, 6.45) is 9.77. The zero-order valence-electron chi connectivity index (χ0n) is 14.6. The van der Waals surface area contributed by atoms with Crippen LogP contribution in [0.2, 0.25) is 0 Å². The summed E-state index contributed by atoms with van der Waals surface area (Å²) in [6.45, 7) is 2.80. The van der Waals surface area contributed by atoms with Gasteiger partial charge in [-0.05, 0) is 38.0 Å². The number of carbonyl (C=O) groups is 2. The Hall–Kier alpha value is -0.810. The molecule has 3 rings (SSSR count). The SMILES string of the molecule is Cl.N[C@H]1CC[C@H](C(=O)N2CCN(C(=O)CC3CCCCC3)CC2)C1. The summed E-state index contributed by atoms with van der Waals surface area (Å²) in [7, 11) is 0. The number of piperazine rings is 1. The highest BCUT2D eigenvalue weighted by Crippen LogP contribution is 2.28. The molecule has 3 fully saturated rings. The van der Waals surface area contributed by atoms with E-state index in [2.05, 4.69) is 0 Å². The number of hydrogen-bond acceptors (Lipinski definition) is 3. The summed E-state index contributed by atoms with van der Waals surface area (Å²) >= 11 is 0. The van der Waals surface area contributed by atoms with E-state index in [0.717, 1.165) is 19.3 Å². The Labute approximate surface area is 151 Å². The molecule has 5 nitrogen and oxygen atoms in total. The molecule has 138 valence electrons. The van der Waals surface area contributed by atoms with E-state index in [4.69, 9.17) is 5.73 Å². The highest BCUT2D eigenvalue weighted by atomic mass is 35.5. The monoisotopic (exact) mass is 357 g/mol. The Bertz CT molecular complexity index is 432. The van der Waals surface area contributed by atoms with E-state index in [1.54, 1.807) is 0 Å². The molecular weight excluding hydrogens is 326 g/mol. The van der Waals surface area contributed by atoms with E-state index < -0.39 is 0 Å². The second-order valence-electron chi connectivity index (χ2n) is 7.68. The predicted octanol–water partition coefficient (Wildman–Crippen LogP) is 2.18. The van der Waals surface area contributed by atoms with Crippen molar-refractivity contribution in [3.05, 3.63) is 0 Å². The standard InChI is InChI=1S/C18H31N3O2.ClH/c19-16-7-6-15(13-16)18(23)21-10-8-20(9-11-21)17(22)12-14-4-2-1-3-5-14;/h14-16H,1-13,19H2;1H/t15-,16-;/m0./s1. The molecule has 0 aromatic heterocycles. The maximum atomic E-state index is 12.5. The van der Waals surface area contributed by atoms with Gasteiger partial charge in [0.15, 0.2) is 0 Å². The van der Waals surface area contributed by atoms with E-state index in [1.807, 2.05) is 9.80 Å². The minimum atomic E-state index is 0. The number of halogens is 1. The van der Waals surface area contributed by atoms with Crippen LogP contribution in [0.15, 0.2) is 0 Å². The van der Waals surface area contributed by atoms with Crippen LogP contribution in [-0.2, 0) is 9.59 Å². The highest BCUT2D eigenvalue weighted by Gasteiger charge is 2.33. The maximum absolute atomic E-state index is 12.5. The Morgan fingerprint density at radius 1 is 0.875 bits per heavy atom. The number of nitrogens with two attached hydrogens (primary N) is 1. The van der Waals surface area contributed by atoms with Crippen LogP contribution in [0.4, 0.5) is 0 Å². The first-order valence-electron chi connectivity index (χ1n) is 9.45. The van der Waals surface area contributed by atoms with Crippen LogP contribution in [0.25, 0.3) is 0 Å². The van der Waals surface area contributed by atoms with Crippen LogP contribution in [0.5, 0.6) is 0 Å². The average molecular weight is 358 g/mol. The van der Waals surface area contributed by atoms with Crippen LogP contribution in [0, 0.1) is 11.8 Å². The molecule has 24 heavy (non-hydrogen) atoms. The molecule has 0 aromatic carbocycles. The first-order chi connectivity index (χ1) is 11.1. The second kappa shape index (κ2) is 9.04. The van der Waals surface area contributed by atoms with Crippen LogP contribution in [0.3, 0.4) is 0 Å². The van der Waals surface area contributed by atoms with Crippen LogP contribution < -0.4 is 5.73 Å². The summed E-state index contributed by atoms with van der Waals surface area (Å²) < 4.78 is 0. The van der Waals surface area contributed by atoms with E-state index in [9.17, 15) is 9.59 Å². The minimum Gasteiger partial charge on any atom is -0.339 e. The lowest BCUT2D eigenvalue weighted by Gasteiger charge is -2.36. The third-order valence-electron chi connectivity index (χ3n) is 5.95. The van der Waals surface area contributed by atoms with Crippen molar-refractivity contribution < 1.29 is 9.59 Å². The summed E-state index contributed by atoms with van der Waals surface area (Å²) in [4.78, 5) is 28.9. The summed E-state index contributed by atoms with van der Waals surface area (Å²) in [5.41, 5.74) is 5.92. The van der Waals surface area contributed by atoms with Gasteiger partial charge in [-0.1, -0.05) is 19.3 Å². The molecule has 2 amide bonds.